The lowest BCUT2D eigenvalue weighted by Gasteiger charge is -2.25. The highest BCUT2D eigenvalue weighted by Crippen LogP contribution is 2.42. The van der Waals surface area contributed by atoms with Crippen molar-refractivity contribution >= 4 is 44.1 Å². The van der Waals surface area contributed by atoms with Gasteiger partial charge < -0.3 is 9.73 Å². The van der Waals surface area contributed by atoms with Gasteiger partial charge in [0.15, 0.2) is 0 Å². The fourth-order valence-corrected chi connectivity index (χ4v) is 7.79. The van der Waals surface area contributed by atoms with Gasteiger partial charge in [-0.05, 0) is 61.9 Å². The van der Waals surface area contributed by atoms with Gasteiger partial charge in [-0.1, -0.05) is 182 Å². The van der Waals surface area contributed by atoms with Gasteiger partial charge in [0.25, 0.3) is 0 Å². The van der Waals surface area contributed by atoms with E-state index < -0.39 is 0 Å². The quantitative estimate of drug-likeness (QED) is 0.190. The van der Waals surface area contributed by atoms with Crippen LogP contribution in [0.25, 0.3) is 71.8 Å². The van der Waals surface area contributed by atoms with E-state index in [1.165, 1.54) is 33.0 Å². The Kier molecular flexibility index (Phi) is 7.54. The van der Waals surface area contributed by atoms with E-state index >= 15 is 0 Å². The van der Waals surface area contributed by atoms with Crippen molar-refractivity contribution in [2.45, 2.75) is 6.17 Å². The SMILES string of the molecule is C1=C(c2ccccc2)NC(c2ccc(-c3ccccc3)cc2)N=C1c1cccc2oc3c(-c4ccc(-c5ccccc5)c5ccccc45)cccc3c12. The van der Waals surface area contributed by atoms with Crippen LogP contribution in [0.15, 0.2) is 204 Å². The van der Waals surface area contributed by atoms with Gasteiger partial charge >= 0.3 is 0 Å². The first-order valence-corrected chi connectivity index (χ1v) is 18.1. The summed E-state index contributed by atoms with van der Waals surface area (Å²) in [5, 5.41) is 8.29. The second-order valence-electron chi connectivity index (χ2n) is 13.5. The number of hydrogen-bond donors (Lipinski definition) is 1. The molecule has 0 aliphatic carbocycles. The van der Waals surface area contributed by atoms with E-state index in [0.29, 0.717) is 0 Å². The highest BCUT2D eigenvalue weighted by Gasteiger charge is 2.23. The molecule has 3 heteroatoms. The maximum Gasteiger partial charge on any atom is 0.145 e. The molecule has 1 aliphatic rings. The lowest BCUT2D eigenvalue weighted by molar-refractivity contribution is 0.664. The summed E-state index contributed by atoms with van der Waals surface area (Å²) in [6.07, 6.45) is 1.91. The molecule has 3 nitrogen and oxygen atoms in total. The summed E-state index contributed by atoms with van der Waals surface area (Å²) in [5.74, 6) is 0. The number of fused-ring (bicyclic) bond motifs is 4. The molecule has 53 heavy (non-hydrogen) atoms. The second-order valence-corrected chi connectivity index (χ2v) is 13.5. The molecule has 0 bridgehead atoms. The Bertz CT molecular complexity index is 2830. The predicted octanol–water partition coefficient (Wildman–Crippen LogP) is 12.9. The Hall–Kier alpha value is -6.97. The number of para-hydroxylation sites is 1. The number of hydrogen-bond acceptors (Lipinski definition) is 3. The molecule has 0 saturated carbocycles. The largest absolute Gasteiger partial charge is 0.455 e. The molecular weight excluding hydrogens is 645 g/mol. The first-order chi connectivity index (χ1) is 26.3. The van der Waals surface area contributed by atoms with Gasteiger partial charge in [0.1, 0.15) is 17.3 Å². The van der Waals surface area contributed by atoms with Gasteiger partial charge in [-0.15, -0.1) is 0 Å². The van der Waals surface area contributed by atoms with Gasteiger partial charge in [0.2, 0.25) is 0 Å². The Balaban J connectivity index is 1.12. The molecule has 0 fully saturated rings. The number of aliphatic imine (C=N–C) groups is 1. The van der Waals surface area contributed by atoms with Crippen molar-refractivity contribution in [3.8, 4) is 33.4 Å². The highest BCUT2D eigenvalue weighted by atomic mass is 16.3. The topological polar surface area (TPSA) is 37.5 Å². The van der Waals surface area contributed by atoms with Crippen molar-refractivity contribution < 1.29 is 4.42 Å². The van der Waals surface area contributed by atoms with Gasteiger partial charge in [-0.25, -0.2) is 0 Å². The summed E-state index contributed by atoms with van der Waals surface area (Å²) in [4.78, 5) is 5.38. The van der Waals surface area contributed by atoms with Gasteiger partial charge in [-0.3, -0.25) is 4.99 Å². The van der Waals surface area contributed by atoms with Crippen molar-refractivity contribution in [2.24, 2.45) is 4.99 Å². The van der Waals surface area contributed by atoms with E-state index in [1.54, 1.807) is 0 Å². The lowest BCUT2D eigenvalue weighted by atomic mass is 9.91. The van der Waals surface area contributed by atoms with Crippen molar-refractivity contribution in [1.29, 1.82) is 0 Å². The van der Waals surface area contributed by atoms with Crippen LogP contribution in [0.1, 0.15) is 22.9 Å². The van der Waals surface area contributed by atoms with Crippen LogP contribution in [0.5, 0.6) is 0 Å². The molecule has 8 aromatic carbocycles. The fourth-order valence-electron chi connectivity index (χ4n) is 7.79. The van der Waals surface area contributed by atoms with Crippen LogP contribution in [-0.2, 0) is 0 Å². The van der Waals surface area contributed by atoms with Crippen molar-refractivity contribution in [3.63, 3.8) is 0 Å². The van der Waals surface area contributed by atoms with Gasteiger partial charge in [0, 0.05) is 27.6 Å². The van der Waals surface area contributed by atoms with Crippen molar-refractivity contribution in [1.82, 2.24) is 5.32 Å². The van der Waals surface area contributed by atoms with Gasteiger partial charge in [-0.2, -0.15) is 0 Å². The molecule has 9 aromatic rings. The van der Waals surface area contributed by atoms with Crippen LogP contribution in [0.3, 0.4) is 0 Å². The standard InChI is InChI=1S/C50H34N2O/c1-4-14-33(15-5-1)34-26-28-37(29-27-34)50-51-45(36-18-8-3-9-19-36)32-46(52-50)43-23-13-25-47-48(43)44-24-12-22-42(49(44)53-47)41-31-30-38(35-16-6-2-7-17-35)39-20-10-11-21-40(39)41/h1-32,50-51H. The smallest absolute Gasteiger partial charge is 0.145 e. The number of nitrogens with one attached hydrogen (secondary N) is 1. The van der Waals surface area contributed by atoms with Crippen LogP contribution < -0.4 is 5.32 Å². The molecule has 250 valence electrons. The first-order valence-electron chi connectivity index (χ1n) is 18.1. The zero-order valence-corrected chi connectivity index (χ0v) is 28.9. The molecule has 0 amide bonds. The maximum absolute atomic E-state index is 6.82. The number of nitrogens with zero attached hydrogens (tertiary/aromatic N) is 1. The Morgan fingerprint density at radius 3 is 1.72 bits per heavy atom. The average molecular weight is 679 g/mol. The average Bonchev–Trinajstić information content (AvgIpc) is 3.64. The highest BCUT2D eigenvalue weighted by molar-refractivity contribution is 6.25. The fraction of sp³-hybridized carbons (Fsp3) is 0.0200. The molecular formula is C50H34N2O. The Morgan fingerprint density at radius 2 is 0.981 bits per heavy atom. The maximum atomic E-state index is 6.82. The van der Waals surface area contributed by atoms with Crippen molar-refractivity contribution in [3.05, 3.63) is 211 Å². The molecule has 1 atom stereocenters. The summed E-state index contributed by atoms with van der Waals surface area (Å²) >= 11 is 0. The summed E-state index contributed by atoms with van der Waals surface area (Å²) in [6, 6.07) is 66.3. The molecule has 1 aromatic heterocycles. The summed E-state index contributed by atoms with van der Waals surface area (Å²) < 4.78 is 6.82. The minimum atomic E-state index is -0.270. The Labute approximate surface area is 308 Å². The second kappa shape index (κ2) is 13.0. The molecule has 2 heterocycles. The molecule has 1 aliphatic heterocycles. The molecule has 0 saturated heterocycles. The molecule has 0 radical (unpaired) electrons. The van der Waals surface area contributed by atoms with E-state index in [1.807, 2.05) is 6.07 Å². The lowest BCUT2D eigenvalue weighted by Crippen LogP contribution is -2.24. The number of furan rings is 1. The molecule has 1 N–H and O–H groups in total. The molecule has 0 spiro atoms. The van der Waals surface area contributed by atoms with Crippen LogP contribution in [0.2, 0.25) is 0 Å². The normalized spacial score (nSPS) is 14.2. The first kappa shape index (κ1) is 30.8. The Morgan fingerprint density at radius 1 is 0.415 bits per heavy atom. The zero-order valence-electron chi connectivity index (χ0n) is 28.9. The molecule has 10 rings (SSSR count). The van der Waals surface area contributed by atoms with Crippen molar-refractivity contribution in [2.75, 3.05) is 0 Å². The minimum Gasteiger partial charge on any atom is -0.455 e. The van der Waals surface area contributed by atoms with E-state index in [0.717, 1.165) is 61.2 Å². The van der Waals surface area contributed by atoms with Crippen LogP contribution >= 0.6 is 0 Å². The van der Waals surface area contributed by atoms with Crippen LogP contribution in [0, 0.1) is 0 Å². The van der Waals surface area contributed by atoms with E-state index in [-0.39, 0.29) is 6.17 Å². The number of allylic oxidation sites excluding steroid dienone is 1. The third-order valence-corrected chi connectivity index (χ3v) is 10.4. The summed E-state index contributed by atoms with van der Waals surface area (Å²) in [7, 11) is 0. The van der Waals surface area contributed by atoms with Gasteiger partial charge in [0.05, 0.1) is 5.71 Å². The van der Waals surface area contributed by atoms with E-state index in [2.05, 4.69) is 193 Å². The summed E-state index contributed by atoms with van der Waals surface area (Å²) in [6.45, 7) is 0. The molecule has 1 unspecified atom stereocenters. The van der Waals surface area contributed by atoms with Crippen LogP contribution in [0.4, 0.5) is 0 Å². The monoisotopic (exact) mass is 678 g/mol. The number of benzene rings is 8. The zero-order chi connectivity index (χ0) is 35.1. The third-order valence-electron chi connectivity index (χ3n) is 10.4. The minimum absolute atomic E-state index is 0.270. The predicted molar refractivity (Wildman–Crippen MR) is 221 cm³/mol. The van der Waals surface area contributed by atoms with Crippen LogP contribution in [-0.4, -0.2) is 5.71 Å². The van der Waals surface area contributed by atoms with E-state index in [4.69, 9.17) is 9.41 Å². The summed E-state index contributed by atoms with van der Waals surface area (Å²) in [5.41, 5.74) is 13.9. The van der Waals surface area contributed by atoms with E-state index in [9.17, 15) is 0 Å². The number of rotatable bonds is 6. The third kappa shape index (κ3) is 5.51.